The fraction of sp³-hybridized carbons (Fsp3) is 0. The van der Waals surface area contributed by atoms with Crippen molar-refractivity contribution in [1.29, 1.82) is 0 Å². The van der Waals surface area contributed by atoms with Gasteiger partial charge in [-0.3, -0.25) is 4.79 Å². The van der Waals surface area contributed by atoms with Crippen LogP contribution in [-0.4, -0.2) is 15.9 Å². The molecule has 2 rings (SSSR count). The molecule has 2 aromatic rings. The van der Waals surface area contributed by atoms with Gasteiger partial charge in [-0.1, -0.05) is 29.3 Å². The monoisotopic (exact) mass is 267 g/mol. The van der Waals surface area contributed by atoms with Crippen LogP contribution in [-0.2, 0) is 0 Å². The summed E-state index contributed by atoms with van der Waals surface area (Å²) in [5.74, 6) is 0.0391. The molecular weight excluding hydrogens is 261 g/mol. The van der Waals surface area contributed by atoms with Crippen LogP contribution >= 0.6 is 23.2 Å². The van der Waals surface area contributed by atoms with E-state index in [2.05, 4.69) is 15.3 Å². The van der Waals surface area contributed by atoms with Crippen LogP contribution in [0.4, 0.5) is 5.82 Å². The summed E-state index contributed by atoms with van der Waals surface area (Å²) in [5, 5.41) is 3.36. The highest BCUT2D eigenvalue weighted by Gasteiger charge is 2.07. The maximum absolute atomic E-state index is 11.8. The van der Waals surface area contributed by atoms with Crippen LogP contribution in [0.1, 0.15) is 10.4 Å². The molecule has 0 saturated carbocycles. The van der Waals surface area contributed by atoms with Gasteiger partial charge >= 0.3 is 0 Å². The van der Waals surface area contributed by atoms with Gasteiger partial charge in [0.2, 0.25) is 0 Å². The summed E-state index contributed by atoms with van der Waals surface area (Å²) < 4.78 is 0. The summed E-state index contributed by atoms with van der Waals surface area (Å²) in [6.45, 7) is 0. The molecule has 0 atom stereocenters. The minimum atomic E-state index is -0.303. The second-order valence-electron chi connectivity index (χ2n) is 3.19. The molecule has 0 aliphatic heterocycles. The SMILES string of the molecule is O=C(Nc1cc(Cl)ncn1)c1cccc(Cl)c1. The van der Waals surface area contributed by atoms with E-state index in [1.54, 1.807) is 24.3 Å². The van der Waals surface area contributed by atoms with Gasteiger partial charge in [0, 0.05) is 16.7 Å². The van der Waals surface area contributed by atoms with Crippen molar-refractivity contribution >= 4 is 34.9 Å². The Morgan fingerprint density at radius 2 is 2.00 bits per heavy atom. The predicted molar refractivity (Wildman–Crippen MR) is 66.4 cm³/mol. The normalized spacial score (nSPS) is 10.0. The molecule has 1 heterocycles. The Hall–Kier alpha value is -1.65. The first-order valence-corrected chi connectivity index (χ1v) is 5.45. The van der Waals surface area contributed by atoms with Gasteiger partial charge in [-0.15, -0.1) is 0 Å². The van der Waals surface area contributed by atoms with Gasteiger partial charge < -0.3 is 5.32 Å². The number of hydrogen-bond acceptors (Lipinski definition) is 3. The van der Waals surface area contributed by atoms with E-state index in [0.717, 1.165) is 0 Å². The number of amides is 1. The van der Waals surface area contributed by atoms with Gasteiger partial charge in [0.15, 0.2) is 0 Å². The molecule has 1 N–H and O–H groups in total. The zero-order valence-corrected chi connectivity index (χ0v) is 10.0. The van der Waals surface area contributed by atoms with Crippen molar-refractivity contribution in [3.8, 4) is 0 Å². The van der Waals surface area contributed by atoms with Gasteiger partial charge in [-0.25, -0.2) is 9.97 Å². The quantitative estimate of drug-likeness (QED) is 0.851. The molecule has 0 saturated heterocycles. The van der Waals surface area contributed by atoms with E-state index in [-0.39, 0.29) is 11.1 Å². The number of halogens is 2. The Bertz CT molecular complexity index is 560. The molecule has 0 aliphatic rings. The third-order valence-corrected chi connectivity index (χ3v) is 2.40. The summed E-state index contributed by atoms with van der Waals surface area (Å²) >= 11 is 11.5. The maximum atomic E-state index is 11.8. The summed E-state index contributed by atoms with van der Waals surface area (Å²) in [7, 11) is 0. The third-order valence-electron chi connectivity index (χ3n) is 1.96. The second kappa shape index (κ2) is 5.12. The van der Waals surface area contributed by atoms with Gasteiger partial charge in [0.1, 0.15) is 17.3 Å². The first kappa shape index (κ1) is 11.8. The Labute approximate surface area is 108 Å². The van der Waals surface area contributed by atoms with Crippen LogP contribution in [0.15, 0.2) is 36.7 Å². The molecule has 17 heavy (non-hydrogen) atoms. The van der Waals surface area contributed by atoms with E-state index < -0.39 is 0 Å². The van der Waals surface area contributed by atoms with Crippen LogP contribution in [0.2, 0.25) is 10.2 Å². The van der Waals surface area contributed by atoms with E-state index in [0.29, 0.717) is 16.4 Å². The van der Waals surface area contributed by atoms with E-state index in [4.69, 9.17) is 23.2 Å². The molecule has 0 fully saturated rings. The smallest absolute Gasteiger partial charge is 0.256 e. The molecule has 1 aromatic carbocycles. The summed E-state index contributed by atoms with van der Waals surface area (Å²) in [5.41, 5.74) is 0.451. The van der Waals surface area contributed by atoms with Crippen LogP contribution in [0, 0.1) is 0 Å². The number of rotatable bonds is 2. The largest absolute Gasteiger partial charge is 0.306 e. The summed E-state index contributed by atoms with van der Waals surface area (Å²) in [6, 6.07) is 8.08. The highest BCUT2D eigenvalue weighted by atomic mass is 35.5. The van der Waals surface area contributed by atoms with Crippen molar-refractivity contribution in [2.75, 3.05) is 5.32 Å². The molecule has 0 bridgehead atoms. The standard InChI is InChI=1S/C11H7Cl2N3O/c12-8-3-1-2-7(4-8)11(17)16-10-5-9(13)14-6-15-10/h1-6H,(H,14,15,16,17). The van der Waals surface area contributed by atoms with E-state index in [1.165, 1.54) is 12.4 Å². The minimum Gasteiger partial charge on any atom is -0.306 e. The second-order valence-corrected chi connectivity index (χ2v) is 4.01. The third kappa shape index (κ3) is 3.15. The van der Waals surface area contributed by atoms with Crippen LogP contribution in [0.3, 0.4) is 0 Å². The van der Waals surface area contributed by atoms with Crippen LogP contribution in [0.25, 0.3) is 0 Å². The molecule has 0 unspecified atom stereocenters. The van der Waals surface area contributed by atoms with Crippen molar-refractivity contribution in [3.63, 3.8) is 0 Å². The number of carbonyl (C=O) groups excluding carboxylic acids is 1. The van der Waals surface area contributed by atoms with E-state index in [1.807, 2.05) is 0 Å². The zero-order valence-electron chi connectivity index (χ0n) is 8.52. The predicted octanol–water partition coefficient (Wildman–Crippen LogP) is 3.04. The highest BCUT2D eigenvalue weighted by molar-refractivity contribution is 6.31. The number of nitrogens with zero attached hydrogens (tertiary/aromatic N) is 2. The molecule has 0 spiro atoms. The lowest BCUT2D eigenvalue weighted by Gasteiger charge is -2.04. The lowest BCUT2D eigenvalue weighted by atomic mass is 10.2. The molecule has 1 aromatic heterocycles. The molecular formula is C11H7Cl2N3O. The highest BCUT2D eigenvalue weighted by Crippen LogP contribution is 2.13. The number of aromatic nitrogens is 2. The van der Waals surface area contributed by atoms with Crippen molar-refractivity contribution < 1.29 is 4.79 Å². The van der Waals surface area contributed by atoms with Crippen molar-refractivity contribution in [1.82, 2.24) is 9.97 Å². The first-order chi connectivity index (χ1) is 8.15. The number of carbonyl (C=O) groups is 1. The number of benzene rings is 1. The maximum Gasteiger partial charge on any atom is 0.256 e. The molecule has 0 aliphatic carbocycles. The van der Waals surface area contributed by atoms with Crippen LogP contribution < -0.4 is 5.32 Å². The Morgan fingerprint density at radius 3 is 2.71 bits per heavy atom. The zero-order chi connectivity index (χ0) is 12.3. The topological polar surface area (TPSA) is 54.9 Å². The molecule has 6 heteroatoms. The van der Waals surface area contributed by atoms with E-state index >= 15 is 0 Å². The van der Waals surface area contributed by atoms with Crippen LogP contribution in [0.5, 0.6) is 0 Å². The minimum absolute atomic E-state index is 0.265. The van der Waals surface area contributed by atoms with Gasteiger partial charge in [-0.2, -0.15) is 0 Å². The number of anilines is 1. The Kier molecular flexibility index (Phi) is 3.56. The Balaban J connectivity index is 2.17. The lowest BCUT2D eigenvalue weighted by Crippen LogP contribution is -2.12. The first-order valence-electron chi connectivity index (χ1n) is 4.69. The molecule has 0 radical (unpaired) electrons. The summed E-state index contributed by atoms with van der Waals surface area (Å²) in [4.78, 5) is 19.4. The fourth-order valence-electron chi connectivity index (χ4n) is 1.22. The molecule has 4 nitrogen and oxygen atoms in total. The lowest BCUT2D eigenvalue weighted by molar-refractivity contribution is 0.102. The summed E-state index contributed by atoms with van der Waals surface area (Å²) in [6.07, 6.45) is 1.27. The van der Waals surface area contributed by atoms with E-state index in [9.17, 15) is 4.79 Å². The number of nitrogens with one attached hydrogen (secondary N) is 1. The van der Waals surface area contributed by atoms with Crippen molar-refractivity contribution in [2.45, 2.75) is 0 Å². The Morgan fingerprint density at radius 1 is 1.18 bits per heavy atom. The molecule has 86 valence electrons. The molecule has 1 amide bonds. The van der Waals surface area contributed by atoms with Crippen molar-refractivity contribution in [3.05, 3.63) is 52.4 Å². The van der Waals surface area contributed by atoms with Gasteiger partial charge in [0.25, 0.3) is 5.91 Å². The fourth-order valence-corrected chi connectivity index (χ4v) is 1.56. The average Bonchev–Trinajstić information content (AvgIpc) is 2.29. The average molecular weight is 268 g/mol. The van der Waals surface area contributed by atoms with Gasteiger partial charge in [0.05, 0.1) is 0 Å². The van der Waals surface area contributed by atoms with Gasteiger partial charge in [-0.05, 0) is 18.2 Å². The van der Waals surface area contributed by atoms with Crippen molar-refractivity contribution in [2.24, 2.45) is 0 Å². The number of hydrogen-bond donors (Lipinski definition) is 1.